The number of alkyl halides is 3. The number of nitrogens with zero attached hydrogens (tertiary/aromatic N) is 2. The molecule has 2 aromatic carbocycles. The molecule has 32 heavy (non-hydrogen) atoms. The van der Waals surface area contributed by atoms with E-state index in [1.54, 1.807) is 36.9 Å². The third-order valence-corrected chi connectivity index (χ3v) is 4.81. The predicted molar refractivity (Wildman–Crippen MR) is 114 cm³/mol. The molecule has 0 aliphatic carbocycles. The fourth-order valence-corrected chi connectivity index (χ4v) is 3.25. The van der Waals surface area contributed by atoms with Crippen LogP contribution in [0.2, 0.25) is 0 Å². The van der Waals surface area contributed by atoms with Crippen molar-refractivity contribution in [1.29, 1.82) is 0 Å². The summed E-state index contributed by atoms with van der Waals surface area (Å²) >= 11 is 0. The number of halogens is 3. The van der Waals surface area contributed by atoms with Crippen LogP contribution in [0.5, 0.6) is 5.75 Å². The van der Waals surface area contributed by atoms with Crippen LogP contribution in [-0.4, -0.2) is 35.6 Å². The van der Waals surface area contributed by atoms with Crippen molar-refractivity contribution in [2.24, 2.45) is 0 Å². The van der Waals surface area contributed by atoms with Gasteiger partial charge in [0.2, 0.25) is 0 Å². The maximum absolute atomic E-state index is 12.8. The number of aromatic nitrogens is 2. The quantitative estimate of drug-likeness (QED) is 0.534. The van der Waals surface area contributed by atoms with Gasteiger partial charge in [0.1, 0.15) is 12.4 Å². The number of carbonyl (C=O) groups excluding carboxylic acids is 1. The number of hydrogen-bond acceptors (Lipinski definition) is 4. The summed E-state index contributed by atoms with van der Waals surface area (Å²) < 4.78 is 48.5. The Balaban J connectivity index is 1.71. The fourth-order valence-electron chi connectivity index (χ4n) is 3.25. The minimum absolute atomic E-state index is 0.239. The van der Waals surface area contributed by atoms with Crippen molar-refractivity contribution in [3.63, 3.8) is 0 Å². The van der Waals surface area contributed by atoms with Crippen molar-refractivity contribution in [2.75, 3.05) is 19.0 Å². The predicted octanol–water partition coefficient (Wildman–Crippen LogP) is 4.89. The lowest BCUT2D eigenvalue weighted by Crippen LogP contribution is -2.17. The van der Waals surface area contributed by atoms with Crippen LogP contribution in [0, 0.1) is 13.8 Å². The van der Waals surface area contributed by atoms with Gasteiger partial charge in [0.15, 0.2) is 0 Å². The van der Waals surface area contributed by atoms with Gasteiger partial charge in [-0.2, -0.15) is 18.3 Å². The van der Waals surface area contributed by atoms with E-state index >= 15 is 0 Å². The molecule has 0 saturated heterocycles. The van der Waals surface area contributed by atoms with Crippen LogP contribution in [0.1, 0.15) is 32.9 Å². The van der Waals surface area contributed by atoms with Gasteiger partial charge in [-0.1, -0.05) is 24.3 Å². The molecule has 0 saturated carbocycles. The van der Waals surface area contributed by atoms with Gasteiger partial charge in [0.05, 0.1) is 37.3 Å². The number of benzene rings is 2. The van der Waals surface area contributed by atoms with E-state index in [1.807, 2.05) is 31.2 Å². The van der Waals surface area contributed by atoms with Crippen LogP contribution < -0.4 is 10.1 Å². The van der Waals surface area contributed by atoms with E-state index in [-0.39, 0.29) is 12.5 Å². The molecule has 6 nitrogen and oxygen atoms in total. The third kappa shape index (κ3) is 6.10. The van der Waals surface area contributed by atoms with Gasteiger partial charge >= 0.3 is 6.18 Å². The Labute approximate surface area is 184 Å². The van der Waals surface area contributed by atoms with Gasteiger partial charge in [0, 0.05) is 5.56 Å². The molecule has 0 bridgehead atoms. The maximum Gasteiger partial charge on any atom is 0.411 e. The van der Waals surface area contributed by atoms with Gasteiger partial charge in [-0.3, -0.25) is 9.48 Å². The maximum atomic E-state index is 12.8. The normalized spacial score (nSPS) is 11.4. The summed E-state index contributed by atoms with van der Waals surface area (Å²) in [6.07, 6.45) is -4.39. The first-order chi connectivity index (χ1) is 15.2. The summed E-state index contributed by atoms with van der Waals surface area (Å²) in [6, 6.07) is 13.9. The van der Waals surface area contributed by atoms with Crippen LogP contribution in [0.3, 0.4) is 0 Å². The summed E-state index contributed by atoms with van der Waals surface area (Å²) in [5.74, 6) is 0.367. The van der Waals surface area contributed by atoms with E-state index < -0.39 is 12.8 Å². The Morgan fingerprint density at radius 2 is 1.81 bits per heavy atom. The summed E-state index contributed by atoms with van der Waals surface area (Å²) in [7, 11) is 1.60. The standard InChI is InChI=1S/C23H24F3N3O3/c1-15-21(16(2)29(28-15)12-17-6-5-9-20(11-17)31-3)27-22(30)19-8-4-7-18(10-19)13-32-14-23(24,25)26/h4-11H,12-14H2,1-3H3,(H,27,30). The molecule has 1 heterocycles. The zero-order chi connectivity index (χ0) is 23.3. The topological polar surface area (TPSA) is 65.4 Å². The number of aryl methyl sites for hydroxylation is 1. The molecule has 0 aliphatic rings. The Morgan fingerprint density at radius 3 is 2.53 bits per heavy atom. The van der Waals surface area contributed by atoms with E-state index in [4.69, 9.17) is 4.74 Å². The van der Waals surface area contributed by atoms with Crippen LogP contribution in [0.25, 0.3) is 0 Å². The van der Waals surface area contributed by atoms with Crippen molar-refractivity contribution >= 4 is 11.6 Å². The number of rotatable bonds is 8. The molecule has 1 N–H and O–H groups in total. The van der Waals surface area contributed by atoms with Crippen molar-refractivity contribution < 1.29 is 27.4 Å². The highest BCUT2D eigenvalue weighted by atomic mass is 19.4. The van der Waals surface area contributed by atoms with Gasteiger partial charge in [-0.15, -0.1) is 0 Å². The monoisotopic (exact) mass is 447 g/mol. The second-order valence-corrected chi connectivity index (χ2v) is 7.32. The molecule has 0 aliphatic heterocycles. The summed E-state index contributed by atoms with van der Waals surface area (Å²) in [5.41, 5.74) is 3.82. The van der Waals surface area contributed by atoms with E-state index in [0.29, 0.717) is 29.1 Å². The summed E-state index contributed by atoms with van der Waals surface area (Å²) in [6.45, 7) is 2.58. The molecule has 1 aromatic heterocycles. The first-order valence-electron chi connectivity index (χ1n) is 9.88. The van der Waals surface area contributed by atoms with Crippen LogP contribution >= 0.6 is 0 Å². The molecule has 0 fully saturated rings. The number of hydrogen-bond donors (Lipinski definition) is 1. The number of methoxy groups -OCH3 is 1. The van der Waals surface area contributed by atoms with Gasteiger partial charge in [-0.25, -0.2) is 0 Å². The number of anilines is 1. The molecule has 170 valence electrons. The van der Waals surface area contributed by atoms with Crippen molar-refractivity contribution in [3.8, 4) is 5.75 Å². The Morgan fingerprint density at radius 1 is 1.09 bits per heavy atom. The fraction of sp³-hybridized carbons (Fsp3) is 0.304. The second kappa shape index (κ2) is 9.86. The van der Waals surface area contributed by atoms with E-state index in [0.717, 1.165) is 17.0 Å². The minimum Gasteiger partial charge on any atom is -0.497 e. The number of nitrogens with one attached hydrogen (secondary N) is 1. The first-order valence-corrected chi connectivity index (χ1v) is 9.88. The molecule has 9 heteroatoms. The van der Waals surface area contributed by atoms with Gasteiger partial charge in [0.25, 0.3) is 5.91 Å². The Hall–Kier alpha value is -3.33. The average molecular weight is 447 g/mol. The number of carbonyl (C=O) groups is 1. The Bertz CT molecular complexity index is 1090. The lowest BCUT2D eigenvalue weighted by Gasteiger charge is -2.10. The second-order valence-electron chi connectivity index (χ2n) is 7.32. The zero-order valence-electron chi connectivity index (χ0n) is 18.0. The van der Waals surface area contributed by atoms with Gasteiger partial charge < -0.3 is 14.8 Å². The molecule has 0 spiro atoms. The van der Waals surface area contributed by atoms with E-state index in [1.165, 1.54) is 6.07 Å². The minimum atomic E-state index is -4.39. The van der Waals surface area contributed by atoms with Crippen molar-refractivity contribution in [3.05, 3.63) is 76.6 Å². The Kier molecular flexibility index (Phi) is 7.19. The SMILES string of the molecule is COc1cccc(Cn2nc(C)c(NC(=O)c3cccc(COCC(F)(F)F)c3)c2C)c1. The lowest BCUT2D eigenvalue weighted by molar-refractivity contribution is -0.176. The molecular weight excluding hydrogens is 423 g/mol. The largest absolute Gasteiger partial charge is 0.497 e. The molecule has 1 amide bonds. The van der Waals surface area contributed by atoms with Crippen LogP contribution in [0.15, 0.2) is 48.5 Å². The highest BCUT2D eigenvalue weighted by Gasteiger charge is 2.27. The molecular formula is C23H24F3N3O3. The summed E-state index contributed by atoms with van der Waals surface area (Å²) in [5, 5.41) is 7.39. The van der Waals surface area contributed by atoms with Crippen molar-refractivity contribution in [1.82, 2.24) is 9.78 Å². The highest BCUT2D eigenvalue weighted by Crippen LogP contribution is 2.23. The van der Waals surface area contributed by atoms with Crippen LogP contribution in [0.4, 0.5) is 18.9 Å². The number of amides is 1. The molecule has 0 unspecified atom stereocenters. The summed E-state index contributed by atoms with van der Waals surface area (Å²) in [4.78, 5) is 12.8. The van der Waals surface area contributed by atoms with Gasteiger partial charge in [-0.05, 0) is 49.2 Å². The van der Waals surface area contributed by atoms with E-state index in [2.05, 4.69) is 15.2 Å². The van der Waals surface area contributed by atoms with Crippen molar-refractivity contribution in [2.45, 2.75) is 33.2 Å². The molecule has 0 radical (unpaired) electrons. The number of ether oxygens (including phenoxy) is 2. The zero-order valence-corrected chi connectivity index (χ0v) is 18.0. The molecule has 3 aromatic rings. The first kappa shape index (κ1) is 23.3. The van der Waals surface area contributed by atoms with Crippen LogP contribution in [-0.2, 0) is 17.9 Å². The molecule has 3 rings (SSSR count). The lowest BCUT2D eigenvalue weighted by atomic mass is 10.1. The average Bonchev–Trinajstić information content (AvgIpc) is 3.00. The smallest absolute Gasteiger partial charge is 0.411 e. The van der Waals surface area contributed by atoms with E-state index in [9.17, 15) is 18.0 Å². The molecule has 0 atom stereocenters. The third-order valence-electron chi connectivity index (χ3n) is 4.81. The highest BCUT2D eigenvalue weighted by molar-refractivity contribution is 6.05.